The van der Waals surface area contributed by atoms with Crippen molar-refractivity contribution in [3.8, 4) is 0 Å². The molecule has 0 unspecified atom stereocenters. The van der Waals surface area contributed by atoms with Crippen molar-refractivity contribution < 1.29 is 14.3 Å². The van der Waals surface area contributed by atoms with E-state index in [9.17, 15) is 9.59 Å². The molecule has 2 amide bonds. The summed E-state index contributed by atoms with van der Waals surface area (Å²) in [4.78, 5) is 26.7. The summed E-state index contributed by atoms with van der Waals surface area (Å²) in [6, 6.07) is 12.9. The standard InChI is InChI=1S/C21H25ClN2O3/c1-15-5-4-6-19(16(15)2)23-20(25)14-24(11-12-27-3)21(26)13-17-7-9-18(22)10-8-17/h4-10H,11-14H2,1-3H3,(H,23,25). The van der Waals surface area contributed by atoms with E-state index >= 15 is 0 Å². The molecule has 0 atom stereocenters. The number of amides is 2. The van der Waals surface area contributed by atoms with Crippen molar-refractivity contribution >= 4 is 29.1 Å². The summed E-state index contributed by atoms with van der Waals surface area (Å²) in [7, 11) is 1.57. The number of aryl methyl sites for hydroxylation is 1. The summed E-state index contributed by atoms with van der Waals surface area (Å²) in [5.41, 5.74) is 3.73. The lowest BCUT2D eigenvalue weighted by molar-refractivity contribution is -0.134. The molecule has 6 heteroatoms. The third-order valence-electron chi connectivity index (χ3n) is 4.40. The van der Waals surface area contributed by atoms with Crippen molar-refractivity contribution in [2.45, 2.75) is 20.3 Å². The minimum Gasteiger partial charge on any atom is -0.383 e. The van der Waals surface area contributed by atoms with Crippen molar-refractivity contribution in [2.75, 3.05) is 32.1 Å². The van der Waals surface area contributed by atoms with Crippen LogP contribution in [0.1, 0.15) is 16.7 Å². The molecule has 0 spiro atoms. The van der Waals surface area contributed by atoms with Crippen LogP contribution in [-0.4, -0.2) is 43.5 Å². The first kappa shape index (κ1) is 20.9. The highest BCUT2D eigenvalue weighted by molar-refractivity contribution is 6.30. The van der Waals surface area contributed by atoms with Crippen LogP contribution in [-0.2, 0) is 20.7 Å². The maximum absolute atomic E-state index is 12.7. The van der Waals surface area contributed by atoms with Crippen LogP contribution >= 0.6 is 11.6 Å². The van der Waals surface area contributed by atoms with E-state index in [2.05, 4.69) is 5.32 Å². The SMILES string of the molecule is COCCN(CC(=O)Nc1cccc(C)c1C)C(=O)Cc1ccc(Cl)cc1. The highest BCUT2D eigenvalue weighted by atomic mass is 35.5. The van der Waals surface area contributed by atoms with Gasteiger partial charge in [-0.05, 0) is 48.7 Å². The van der Waals surface area contributed by atoms with Crippen molar-refractivity contribution in [2.24, 2.45) is 0 Å². The zero-order valence-electron chi connectivity index (χ0n) is 15.9. The van der Waals surface area contributed by atoms with Gasteiger partial charge >= 0.3 is 0 Å². The zero-order valence-corrected chi connectivity index (χ0v) is 16.7. The summed E-state index contributed by atoms with van der Waals surface area (Å²) in [6.07, 6.45) is 0.206. The van der Waals surface area contributed by atoms with E-state index in [-0.39, 0.29) is 24.8 Å². The lowest BCUT2D eigenvalue weighted by Crippen LogP contribution is -2.40. The van der Waals surface area contributed by atoms with E-state index in [1.807, 2.05) is 44.2 Å². The molecule has 0 saturated carbocycles. The number of halogens is 1. The van der Waals surface area contributed by atoms with E-state index in [4.69, 9.17) is 16.3 Å². The Morgan fingerprint density at radius 2 is 1.81 bits per heavy atom. The Hall–Kier alpha value is -2.37. The number of carbonyl (C=O) groups is 2. The molecule has 0 saturated heterocycles. The fraction of sp³-hybridized carbons (Fsp3) is 0.333. The smallest absolute Gasteiger partial charge is 0.244 e. The number of hydrogen-bond acceptors (Lipinski definition) is 3. The molecular formula is C21H25ClN2O3. The monoisotopic (exact) mass is 388 g/mol. The number of rotatable bonds is 8. The average Bonchev–Trinajstić information content (AvgIpc) is 2.64. The quantitative estimate of drug-likeness (QED) is 0.751. The second-order valence-corrected chi connectivity index (χ2v) is 6.84. The van der Waals surface area contributed by atoms with Gasteiger partial charge in [-0.2, -0.15) is 0 Å². The summed E-state index contributed by atoms with van der Waals surface area (Å²) < 4.78 is 5.08. The molecule has 27 heavy (non-hydrogen) atoms. The van der Waals surface area contributed by atoms with Crippen molar-refractivity contribution in [3.05, 3.63) is 64.2 Å². The van der Waals surface area contributed by atoms with Gasteiger partial charge in [-0.15, -0.1) is 0 Å². The summed E-state index contributed by atoms with van der Waals surface area (Å²) in [5.74, 6) is -0.366. The van der Waals surface area contributed by atoms with E-state index in [1.54, 1.807) is 19.2 Å². The van der Waals surface area contributed by atoms with Gasteiger partial charge in [-0.3, -0.25) is 9.59 Å². The van der Waals surface area contributed by atoms with Crippen molar-refractivity contribution in [3.63, 3.8) is 0 Å². The second-order valence-electron chi connectivity index (χ2n) is 6.41. The van der Waals surface area contributed by atoms with Gasteiger partial charge in [-0.25, -0.2) is 0 Å². The lowest BCUT2D eigenvalue weighted by atomic mass is 10.1. The number of methoxy groups -OCH3 is 1. The van der Waals surface area contributed by atoms with E-state index in [1.165, 1.54) is 4.90 Å². The minimum atomic E-state index is -0.232. The molecule has 0 fully saturated rings. The van der Waals surface area contributed by atoms with Crippen molar-refractivity contribution in [1.29, 1.82) is 0 Å². The minimum absolute atomic E-state index is 0.0246. The zero-order chi connectivity index (χ0) is 19.8. The number of carbonyl (C=O) groups excluding carboxylic acids is 2. The van der Waals surface area contributed by atoms with Crippen LogP contribution in [0.15, 0.2) is 42.5 Å². The molecule has 2 aromatic rings. The maximum Gasteiger partial charge on any atom is 0.244 e. The molecule has 0 radical (unpaired) electrons. The first-order valence-electron chi connectivity index (χ1n) is 8.78. The number of ether oxygens (including phenoxy) is 1. The third kappa shape index (κ3) is 6.38. The van der Waals surface area contributed by atoms with Crippen LogP contribution in [0.2, 0.25) is 5.02 Å². The third-order valence-corrected chi connectivity index (χ3v) is 4.65. The van der Waals surface area contributed by atoms with Gasteiger partial charge in [0.2, 0.25) is 11.8 Å². The molecule has 2 rings (SSSR count). The fourth-order valence-electron chi connectivity index (χ4n) is 2.63. The Morgan fingerprint density at radius 3 is 2.48 bits per heavy atom. The highest BCUT2D eigenvalue weighted by Crippen LogP contribution is 2.18. The number of hydrogen-bond donors (Lipinski definition) is 1. The summed E-state index contributed by atoms with van der Waals surface area (Å²) in [6.45, 7) is 4.64. The fourth-order valence-corrected chi connectivity index (χ4v) is 2.76. The molecule has 0 aliphatic carbocycles. The molecule has 5 nitrogen and oxygen atoms in total. The normalized spacial score (nSPS) is 10.5. The summed E-state index contributed by atoms with van der Waals surface area (Å²) >= 11 is 5.88. The number of benzene rings is 2. The molecule has 0 aliphatic heterocycles. The van der Waals surface area contributed by atoms with Gasteiger partial charge in [-0.1, -0.05) is 35.9 Å². The number of nitrogens with zero attached hydrogens (tertiary/aromatic N) is 1. The Morgan fingerprint density at radius 1 is 1.11 bits per heavy atom. The van der Waals surface area contributed by atoms with Gasteiger partial charge in [0.1, 0.15) is 0 Å². The van der Waals surface area contributed by atoms with Crippen LogP contribution < -0.4 is 5.32 Å². The van der Waals surface area contributed by atoms with Gasteiger partial charge in [0.05, 0.1) is 19.6 Å². The number of anilines is 1. The first-order valence-corrected chi connectivity index (χ1v) is 9.15. The van der Waals surface area contributed by atoms with Crippen molar-refractivity contribution in [1.82, 2.24) is 4.90 Å². The Kier molecular flexibility index (Phi) is 7.82. The van der Waals surface area contributed by atoms with E-state index in [0.717, 1.165) is 22.4 Å². The maximum atomic E-state index is 12.7. The molecule has 1 N–H and O–H groups in total. The average molecular weight is 389 g/mol. The molecule has 0 bridgehead atoms. The Labute approximate surface area is 165 Å². The van der Waals surface area contributed by atoms with Gasteiger partial charge in [0, 0.05) is 24.4 Å². The van der Waals surface area contributed by atoms with Crippen LogP contribution in [0, 0.1) is 13.8 Å². The molecule has 0 heterocycles. The lowest BCUT2D eigenvalue weighted by Gasteiger charge is -2.22. The molecule has 0 aliphatic rings. The molecule has 0 aromatic heterocycles. The second kappa shape index (κ2) is 10.1. The van der Waals surface area contributed by atoms with Crippen LogP contribution in [0.5, 0.6) is 0 Å². The van der Waals surface area contributed by atoms with Crippen LogP contribution in [0.3, 0.4) is 0 Å². The van der Waals surface area contributed by atoms with Gasteiger partial charge < -0.3 is 15.0 Å². The largest absolute Gasteiger partial charge is 0.383 e. The molecule has 144 valence electrons. The van der Waals surface area contributed by atoms with E-state index in [0.29, 0.717) is 18.2 Å². The Bertz CT molecular complexity index is 791. The van der Waals surface area contributed by atoms with Gasteiger partial charge in [0.15, 0.2) is 0 Å². The van der Waals surface area contributed by atoms with Crippen LogP contribution in [0.25, 0.3) is 0 Å². The molecular weight excluding hydrogens is 364 g/mol. The first-order chi connectivity index (χ1) is 12.9. The topological polar surface area (TPSA) is 58.6 Å². The van der Waals surface area contributed by atoms with Gasteiger partial charge in [0.25, 0.3) is 0 Å². The Balaban J connectivity index is 2.03. The molecule has 2 aromatic carbocycles. The van der Waals surface area contributed by atoms with E-state index < -0.39 is 0 Å². The highest BCUT2D eigenvalue weighted by Gasteiger charge is 2.18. The van der Waals surface area contributed by atoms with Crippen LogP contribution in [0.4, 0.5) is 5.69 Å². The predicted octanol–water partition coefficient (Wildman–Crippen LogP) is 3.61. The number of nitrogens with one attached hydrogen (secondary N) is 1. The predicted molar refractivity (Wildman–Crippen MR) is 108 cm³/mol. The summed E-state index contributed by atoms with van der Waals surface area (Å²) in [5, 5.41) is 3.51.